The number of ether oxygens (including phenoxy) is 5. The van der Waals surface area contributed by atoms with Crippen LogP contribution in [0.25, 0.3) is 0 Å². The molecular weight excluding hydrogens is 925 g/mol. The molecule has 1 saturated heterocycles. The summed E-state index contributed by atoms with van der Waals surface area (Å²) >= 11 is 0. The SMILES string of the molecule is CCCCC/C=C\C/C=C\CCCCCCCCCC(=O)OC1C(OCC(COC(=O)CCCCCCCCCCCCCCC)OC(=O)CCCCCCCCCCCCCCC)OC(C(=O)O)C(O)C1O. The minimum Gasteiger partial charge on any atom is -0.479 e. The molecule has 426 valence electrons. The molecule has 6 unspecified atom stereocenters. The maximum absolute atomic E-state index is 13.1. The minimum absolute atomic E-state index is 0.0564. The molecule has 12 heteroatoms. The minimum atomic E-state index is -1.90. The summed E-state index contributed by atoms with van der Waals surface area (Å²) in [4.78, 5) is 51.1. The van der Waals surface area contributed by atoms with E-state index >= 15 is 0 Å². The number of rotatable bonds is 52. The summed E-state index contributed by atoms with van der Waals surface area (Å²) in [7, 11) is 0. The van der Waals surface area contributed by atoms with Crippen LogP contribution in [0.1, 0.15) is 290 Å². The largest absolute Gasteiger partial charge is 0.479 e. The quantitative estimate of drug-likeness (QED) is 0.0228. The van der Waals surface area contributed by atoms with Crippen molar-refractivity contribution in [3.63, 3.8) is 0 Å². The first-order chi connectivity index (χ1) is 35.6. The van der Waals surface area contributed by atoms with E-state index in [0.29, 0.717) is 19.3 Å². The number of unbranched alkanes of at least 4 members (excludes halogenated alkanes) is 34. The number of carboxylic acid groups (broad SMARTS) is 1. The molecule has 0 aromatic rings. The van der Waals surface area contributed by atoms with E-state index in [1.165, 1.54) is 141 Å². The van der Waals surface area contributed by atoms with Crippen LogP contribution in [0.5, 0.6) is 0 Å². The number of allylic oxidation sites excluding steroid dienone is 4. The lowest BCUT2D eigenvalue weighted by Crippen LogP contribution is -2.61. The van der Waals surface area contributed by atoms with Crippen molar-refractivity contribution < 1.29 is 58.2 Å². The third kappa shape index (κ3) is 40.2. The lowest BCUT2D eigenvalue weighted by molar-refractivity contribution is -0.301. The molecule has 1 heterocycles. The molecule has 1 fully saturated rings. The number of hydrogen-bond donors (Lipinski definition) is 3. The molecule has 0 aliphatic carbocycles. The monoisotopic (exact) mass is 1030 g/mol. The molecule has 1 rings (SSSR count). The molecule has 0 radical (unpaired) electrons. The number of aliphatic hydroxyl groups is 2. The summed E-state index contributed by atoms with van der Waals surface area (Å²) in [6.45, 7) is 5.99. The highest BCUT2D eigenvalue weighted by atomic mass is 16.7. The van der Waals surface area contributed by atoms with Gasteiger partial charge in [-0.25, -0.2) is 4.79 Å². The van der Waals surface area contributed by atoms with E-state index in [1.807, 2.05) is 0 Å². The number of esters is 3. The lowest BCUT2D eigenvalue weighted by atomic mass is 9.98. The molecule has 0 saturated carbocycles. The first kappa shape index (κ1) is 68.2. The molecule has 3 N–H and O–H groups in total. The van der Waals surface area contributed by atoms with Crippen molar-refractivity contribution >= 4 is 23.9 Å². The zero-order valence-corrected chi connectivity index (χ0v) is 46.9. The first-order valence-electron chi connectivity index (χ1n) is 30.3. The molecule has 0 spiro atoms. The smallest absolute Gasteiger partial charge is 0.335 e. The fraction of sp³-hybridized carbons (Fsp3) is 0.869. The van der Waals surface area contributed by atoms with Gasteiger partial charge in [-0.1, -0.05) is 244 Å². The van der Waals surface area contributed by atoms with E-state index in [2.05, 4.69) is 45.1 Å². The van der Waals surface area contributed by atoms with Crippen LogP contribution >= 0.6 is 0 Å². The average molecular weight is 1040 g/mol. The van der Waals surface area contributed by atoms with Gasteiger partial charge in [0.25, 0.3) is 0 Å². The average Bonchev–Trinajstić information content (AvgIpc) is 3.37. The predicted molar refractivity (Wildman–Crippen MR) is 294 cm³/mol. The summed E-state index contributed by atoms with van der Waals surface area (Å²) in [6, 6.07) is 0. The Morgan fingerprint density at radius 3 is 1.26 bits per heavy atom. The Morgan fingerprint density at radius 1 is 0.452 bits per heavy atom. The fourth-order valence-electron chi connectivity index (χ4n) is 9.34. The van der Waals surface area contributed by atoms with E-state index in [1.54, 1.807) is 0 Å². The third-order valence-electron chi connectivity index (χ3n) is 14.0. The Hall–Kier alpha value is -2.80. The molecule has 12 nitrogen and oxygen atoms in total. The summed E-state index contributed by atoms with van der Waals surface area (Å²) in [5.41, 5.74) is 0. The highest BCUT2D eigenvalue weighted by Gasteiger charge is 2.50. The van der Waals surface area contributed by atoms with E-state index in [0.717, 1.165) is 89.9 Å². The van der Waals surface area contributed by atoms with Crippen LogP contribution in [0.3, 0.4) is 0 Å². The van der Waals surface area contributed by atoms with E-state index in [9.17, 15) is 34.5 Å². The Balaban J connectivity index is 2.67. The molecule has 0 bridgehead atoms. The van der Waals surface area contributed by atoms with Crippen molar-refractivity contribution in [1.82, 2.24) is 0 Å². The number of aliphatic hydroxyl groups excluding tert-OH is 2. The third-order valence-corrected chi connectivity index (χ3v) is 14.0. The van der Waals surface area contributed by atoms with Gasteiger partial charge in [0.05, 0.1) is 6.61 Å². The van der Waals surface area contributed by atoms with Gasteiger partial charge in [0.15, 0.2) is 24.6 Å². The van der Waals surface area contributed by atoms with E-state index in [4.69, 9.17) is 23.7 Å². The van der Waals surface area contributed by atoms with Gasteiger partial charge in [-0.15, -0.1) is 0 Å². The number of carboxylic acids is 1. The maximum Gasteiger partial charge on any atom is 0.335 e. The second-order valence-electron chi connectivity index (χ2n) is 21.0. The van der Waals surface area contributed by atoms with Gasteiger partial charge in [-0.2, -0.15) is 0 Å². The normalized spacial score (nSPS) is 18.4. The number of aliphatic carboxylic acids is 1. The standard InChI is InChI=1S/C61H110O12/c1-4-7-10-13-16-19-22-25-26-27-28-31-34-37-40-43-46-49-55(64)72-59-57(66)56(65)58(60(67)68)73-61(59)70-51-52(71-54(63)48-45-42-39-36-33-30-24-21-18-15-12-9-6-3)50-69-53(62)47-44-41-38-35-32-29-23-20-17-14-11-8-5-2/h16,19,25-26,52,56-59,61,65-66H,4-15,17-18,20-24,27-51H2,1-3H3,(H,67,68)/b19-16-,26-25-. The van der Waals surface area contributed by atoms with Crippen LogP contribution in [0.4, 0.5) is 0 Å². The summed E-state index contributed by atoms with van der Waals surface area (Å²) < 4.78 is 28.5. The van der Waals surface area contributed by atoms with Crippen LogP contribution in [-0.2, 0) is 42.9 Å². The molecule has 1 aliphatic heterocycles. The van der Waals surface area contributed by atoms with E-state index < -0.39 is 67.3 Å². The van der Waals surface area contributed by atoms with Crippen molar-refractivity contribution in [3.05, 3.63) is 24.3 Å². The summed E-state index contributed by atoms with van der Waals surface area (Å²) in [5.74, 6) is -3.09. The zero-order chi connectivity index (χ0) is 53.3. The summed E-state index contributed by atoms with van der Waals surface area (Å²) in [5, 5.41) is 31.5. The Labute approximate surface area is 445 Å². The predicted octanol–water partition coefficient (Wildman–Crippen LogP) is 15.5. The molecule has 0 aromatic carbocycles. The van der Waals surface area contributed by atoms with E-state index in [-0.39, 0.29) is 25.9 Å². The Bertz CT molecular complexity index is 1370. The topological polar surface area (TPSA) is 175 Å². The zero-order valence-electron chi connectivity index (χ0n) is 46.9. The number of carbonyl (C=O) groups excluding carboxylic acids is 3. The number of carbonyl (C=O) groups is 4. The van der Waals surface area contributed by atoms with Crippen LogP contribution in [0.2, 0.25) is 0 Å². The molecular formula is C61H110O12. The molecule has 0 aromatic heterocycles. The van der Waals surface area contributed by atoms with Crippen LogP contribution < -0.4 is 0 Å². The van der Waals surface area contributed by atoms with Gasteiger partial charge in [0, 0.05) is 19.3 Å². The van der Waals surface area contributed by atoms with Crippen molar-refractivity contribution in [1.29, 1.82) is 0 Å². The second-order valence-corrected chi connectivity index (χ2v) is 21.0. The van der Waals surface area contributed by atoms with Crippen molar-refractivity contribution in [2.24, 2.45) is 0 Å². The maximum atomic E-state index is 13.1. The molecule has 0 amide bonds. The number of hydrogen-bond acceptors (Lipinski definition) is 11. The van der Waals surface area contributed by atoms with Crippen LogP contribution in [0, 0.1) is 0 Å². The Kier molecular flexibility index (Phi) is 46.8. The fourth-order valence-corrected chi connectivity index (χ4v) is 9.34. The van der Waals surface area contributed by atoms with Gasteiger partial charge in [0.1, 0.15) is 18.8 Å². The van der Waals surface area contributed by atoms with Gasteiger partial charge in [0.2, 0.25) is 0 Å². The highest BCUT2D eigenvalue weighted by Crippen LogP contribution is 2.27. The highest BCUT2D eigenvalue weighted by molar-refractivity contribution is 5.74. The molecule has 73 heavy (non-hydrogen) atoms. The molecule has 1 aliphatic rings. The van der Waals surface area contributed by atoms with Crippen molar-refractivity contribution in [2.45, 2.75) is 327 Å². The van der Waals surface area contributed by atoms with Gasteiger partial charge in [-0.3, -0.25) is 14.4 Å². The van der Waals surface area contributed by atoms with Crippen LogP contribution in [-0.4, -0.2) is 89.2 Å². The first-order valence-corrected chi connectivity index (χ1v) is 30.3. The van der Waals surface area contributed by atoms with Gasteiger partial charge < -0.3 is 39.0 Å². The lowest BCUT2D eigenvalue weighted by Gasteiger charge is -2.40. The van der Waals surface area contributed by atoms with Gasteiger partial charge in [-0.05, 0) is 51.4 Å². The second kappa shape index (κ2) is 50.0. The molecule has 6 atom stereocenters. The summed E-state index contributed by atoms with van der Waals surface area (Å²) in [6.07, 6.45) is 44.2. The van der Waals surface area contributed by atoms with Gasteiger partial charge >= 0.3 is 23.9 Å². The van der Waals surface area contributed by atoms with Crippen LogP contribution in [0.15, 0.2) is 24.3 Å². The Morgan fingerprint density at radius 2 is 0.822 bits per heavy atom. The van der Waals surface area contributed by atoms with Crippen molar-refractivity contribution in [3.8, 4) is 0 Å². The van der Waals surface area contributed by atoms with Crippen molar-refractivity contribution in [2.75, 3.05) is 13.2 Å².